The lowest BCUT2D eigenvalue weighted by molar-refractivity contribution is -0.133. The average Bonchev–Trinajstić information content (AvgIpc) is 2.68. The molecule has 0 saturated heterocycles. The van der Waals surface area contributed by atoms with Crippen LogP contribution in [0.5, 0.6) is 0 Å². The van der Waals surface area contributed by atoms with Gasteiger partial charge in [0.25, 0.3) is 0 Å². The fourth-order valence-corrected chi connectivity index (χ4v) is 1.98. The van der Waals surface area contributed by atoms with Crippen molar-refractivity contribution in [2.24, 2.45) is 11.5 Å². The Bertz CT molecular complexity index is 364. The molecule has 6 heteroatoms. The van der Waals surface area contributed by atoms with E-state index in [4.69, 9.17) is 11.5 Å². The van der Waals surface area contributed by atoms with Gasteiger partial charge in [0.2, 0.25) is 11.8 Å². The average molecular weight is 241 g/mol. The predicted octanol–water partition coefficient (Wildman–Crippen LogP) is -0.0908. The molecule has 0 aromatic carbocycles. The van der Waals surface area contributed by atoms with Crippen LogP contribution in [0.1, 0.15) is 12.0 Å². The first kappa shape index (κ1) is 12.7. The van der Waals surface area contributed by atoms with Crippen molar-refractivity contribution in [2.75, 3.05) is 7.05 Å². The second-order valence-electron chi connectivity index (χ2n) is 3.60. The second kappa shape index (κ2) is 5.62. The normalized spacial score (nSPS) is 12.1. The zero-order valence-electron chi connectivity index (χ0n) is 9.05. The molecule has 0 saturated carbocycles. The molecule has 1 aromatic rings. The number of nitrogens with two attached hydrogens (primary N) is 2. The maximum absolute atomic E-state index is 11.7. The van der Waals surface area contributed by atoms with Gasteiger partial charge in [-0.25, -0.2) is 0 Å². The van der Waals surface area contributed by atoms with Crippen molar-refractivity contribution in [2.45, 2.75) is 19.0 Å². The third kappa shape index (κ3) is 3.63. The fraction of sp³-hybridized carbons (Fsp3) is 0.400. The van der Waals surface area contributed by atoms with Crippen molar-refractivity contribution < 1.29 is 9.59 Å². The predicted molar refractivity (Wildman–Crippen MR) is 62.6 cm³/mol. The summed E-state index contributed by atoms with van der Waals surface area (Å²) >= 11 is 1.57. The fourth-order valence-electron chi connectivity index (χ4n) is 1.32. The zero-order chi connectivity index (χ0) is 12.1. The van der Waals surface area contributed by atoms with E-state index in [2.05, 4.69) is 0 Å². The van der Waals surface area contributed by atoms with E-state index in [9.17, 15) is 9.59 Å². The van der Waals surface area contributed by atoms with Gasteiger partial charge in [-0.05, 0) is 22.4 Å². The number of likely N-dealkylation sites (N-methyl/N-ethyl adjacent to an activating group) is 1. The van der Waals surface area contributed by atoms with Gasteiger partial charge < -0.3 is 16.4 Å². The molecule has 1 rings (SSSR count). The first-order valence-corrected chi connectivity index (χ1v) is 5.75. The van der Waals surface area contributed by atoms with E-state index in [1.807, 2.05) is 16.8 Å². The molecule has 1 aromatic heterocycles. The number of carbonyl (C=O) groups is 2. The van der Waals surface area contributed by atoms with E-state index in [0.717, 1.165) is 5.56 Å². The van der Waals surface area contributed by atoms with Crippen molar-refractivity contribution >= 4 is 23.2 Å². The van der Waals surface area contributed by atoms with Crippen LogP contribution in [0.4, 0.5) is 0 Å². The van der Waals surface area contributed by atoms with Crippen molar-refractivity contribution in [1.82, 2.24) is 4.90 Å². The van der Waals surface area contributed by atoms with Crippen LogP contribution in [0.15, 0.2) is 16.8 Å². The minimum Gasteiger partial charge on any atom is -0.370 e. The van der Waals surface area contributed by atoms with E-state index < -0.39 is 11.9 Å². The highest BCUT2D eigenvalue weighted by molar-refractivity contribution is 7.07. The monoisotopic (exact) mass is 241 g/mol. The summed E-state index contributed by atoms with van der Waals surface area (Å²) in [6.45, 7) is 0.495. The number of carbonyl (C=O) groups excluding carboxylic acids is 2. The Kier molecular flexibility index (Phi) is 4.45. The molecule has 0 radical (unpaired) electrons. The van der Waals surface area contributed by atoms with Crippen LogP contribution in [0.2, 0.25) is 0 Å². The van der Waals surface area contributed by atoms with Gasteiger partial charge in [0, 0.05) is 13.6 Å². The highest BCUT2D eigenvalue weighted by Gasteiger charge is 2.19. The van der Waals surface area contributed by atoms with Gasteiger partial charge in [0.05, 0.1) is 12.5 Å². The molecule has 0 aliphatic heterocycles. The molecular formula is C10H15N3O2S. The van der Waals surface area contributed by atoms with E-state index in [-0.39, 0.29) is 12.3 Å². The minimum atomic E-state index is -0.846. The highest BCUT2D eigenvalue weighted by atomic mass is 32.1. The smallest absolute Gasteiger partial charge is 0.240 e. The maximum atomic E-state index is 11.7. The van der Waals surface area contributed by atoms with Crippen molar-refractivity contribution in [1.29, 1.82) is 0 Å². The van der Waals surface area contributed by atoms with Crippen LogP contribution >= 0.6 is 11.3 Å². The Labute approximate surface area is 98.0 Å². The van der Waals surface area contributed by atoms with Gasteiger partial charge in [-0.15, -0.1) is 0 Å². The Balaban J connectivity index is 2.50. The van der Waals surface area contributed by atoms with Crippen molar-refractivity contribution in [3.63, 3.8) is 0 Å². The molecule has 16 heavy (non-hydrogen) atoms. The summed E-state index contributed by atoms with van der Waals surface area (Å²) in [5.41, 5.74) is 11.6. The van der Waals surface area contributed by atoms with Crippen LogP contribution in [-0.4, -0.2) is 29.8 Å². The summed E-state index contributed by atoms with van der Waals surface area (Å²) in [6, 6.07) is 1.09. The van der Waals surface area contributed by atoms with Gasteiger partial charge >= 0.3 is 0 Å². The number of nitrogens with zero attached hydrogens (tertiary/aromatic N) is 1. The summed E-state index contributed by atoms with van der Waals surface area (Å²) in [7, 11) is 1.65. The number of hydrogen-bond acceptors (Lipinski definition) is 4. The number of thiophene rings is 1. The van der Waals surface area contributed by atoms with Crippen LogP contribution in [0.3, 0.4) is 0 Å². The SMILES string of the molecule is CN(Cc1ccsc1)C(=O)C(N)CC(N)=O. The molecule has 0 aliphatic rings. The zero-order valence-corrected chi connectivity index (χ0v) is 9.87. The quantitative estimate of drug-likeness (QED) is 0.755. The molecular weight excluding hydrogens is 226 g/mol. The number of amides is 2. The molecule has 0 spiro atoms. The van der Waals surface area contributed by atoms with Gasteiger partial charge in [-0.3, -0.25) is 9.59 Å². The summed E-state index contributed by atoms with van der Waals surface area (Å²) < 4.78 is 0. The summed E-state index contributed by atoms with van der Waals surface area (Å²) in [6.07, 6.45) is -0.118. The maximum Gasteiger partial charge on any atom is 0.240 e. The standard InChI is InChI=1S/C10H15N3O2S/c1-13(5-7-2-3-16-6-7)10(15)8(11)4-9(12)14/h2-3,6,8H,4-5,11H2,1H3,(H2,12,14). The van der Waals surface area contributed by atoms with Gasteiger partial charge in [0.1, 0.15) is 0 Å². The second-order valence-corrected chi connectivity index (χ2v) is 4.38. The molecule has 1 unspecified atom stereocenters. The van der Waals surface area contributed by atoms with Gasteiger partial charge in [-0.2, -0.15) is 11.3 Å². The lowest BCUT2D eigenvalue weighted by Crippen LogP contribution is -2.43. The molecule has 2 amide bonds. The van der Waals surface area contributed by atoms with E-state index in [0.29, 0.717) is 6.54 Å². The third-order valence-electron chi connectivity index (χ3n) is 2.11. The van der Waals surface area contributed by atoms with Crippen LogP contribution < -0.4 is 11.5 Å². The number of rotatable bonds is 5. The minimum absolute atomic E-state index is 0.118. The molecule has 0 aliphatic carbocycles. The summed E-state index contributed by atoms with van der Waals surface area (Å²) in [4.78, 5) is 23.8. The Morgan fingerprint density at radius 1 is 1.56 bits per heavy atom. The van der Waals surface area contributed by atoms with Crippen LogP contribution in [0.25, 0.3) is 0 Å². The molecule has 1 atom stereocenters. The van der Waals surface area contributed by atoms with Crippen LogP contribution in [0, 0.1) is 0 Å². The van der Waals surface area contributed by atoms with E-state index in [1.165, 1.54) is 4.90 Å². The number of hydrogen-bond donors (Lipinski definition) is 2. The topological polar surface area (TPSA) is 89.4 Å². The molecule has 88 valence electrons. The van der Waals surface area contributed by atoms with Gasteiger partial charge in [-0.1, -0.05) is 0 Å². The number of primary amides is 1. The van der Waals surface area contributed by atoms with Crippen molar-refractivity contribution in [3.05, 3.63) is 22.4 Å². The summed E-state index contributed by atoms with van der Waals surface area (Å²) in [5.74, 6) is -0.838. The highest BCUT2D eigenvalue weighted by Crippen LogP contribution is 2.09. The van der Waals surface area contributed by atoms with E-state index in [1.54, 1.807) is 18.4 Å². The van der Waals surface area contributed by atoms with Crippen molar-refractivity contribution in [3.8, 4) is 0 Å². The Morgan fingerprint density at radius 3 is 2.75 bits per heavy atom. The third-order valence-corrected chi connectivity index (χ3v) is 2.85. The molecule has 0 fully saturated rings. The lowest BCUT2D eigenvalue weighted by atomic mass is 10.2. The molecule has 4 N–H and O–H groups in total. The van der Waals surface area contributed by atoms with E-state index >= 15 is 0 Å². The summed E-state index contributed by atoms with van der Waals surface area (Å²) in [5, 5.41) is 3.90. The molecule has 0 bridgehead atoms. The molecule has 5 nitrogen and oxygen atoms in total. The van der Waals surface area contributed by atoms with Gasteiger partial charge in [0.15, 0.2) is 0 Å². The molecule has 1 heterocycles. The largest absolute Gasteiger partial charge is 0.370 e. The Hall–Kier alpha value is -1.40. The first-order chi connectivity index (χ1) is 7.50. The first-order valence-electron chi connectivity index (χ1n) is 4.80. The van der Waals surface area contributed by atoms with Crippen LogP contribution in [-0.2, 0) is 16.1 Å². The lowest BCUT2D eigenvalue weighted by Gasteiger charge is -2.20. The Morgan fingerprint density at radius 2 is 2.25 bits per heavy atom.